The number of rotatable bonds is 3. The third-order valence-electron chi connectivity index (χ3n) is 4.13. The molecule has 0 bridgehead atoms. The van der Waals surface area contributed by atoms with Crippen molar-refractivity contribution < 1.29 is 8.91 Å². The van der Waals surface area contributed by atoms with E-state index < -0.39 is 5.54 Å². The predicted octanol–water partition coefficient (Wildman–Crippen LogP) is 3.09. The molecule has 0 saturated heterocycles. The van der Waals surface area contributed by atoms with Crippen molar-refractivity contribution in [2.45, 2.75) is 44.1 Å². The Labute approximate surface area is 117 Å². The van der Waals surface area contributed by atoms with Crippen LogP contribution in [0.5, 0.6) is 0 Å². The molecule has 1 aromatic heterocycles. The summed E-state index contributed by atoms with van der Waals surface area (Å²) in [6, 6.07) is 6.63. The largest absolute Gasteiger partial charge is 0.339 e. The van der Waals surface area contributed by atoms with Crippen LogP contribution in [0.4, 0.5) is 4.39 Å². The summed E-state index contributed by atoms with van der Waals surface area (Å²) in [7, 11) is 0. The Balaban J connectivity index is 1.88. The molecular formula is C15H18FN3O. The van der Waals surface area contributed by atoms with Crippen LogP contribution in [0.25, 0.3) is 0 Å². The minimum atomic E-state index is -0.475. The summed E-state index contributed by atoms with van der Waals surface area (Å²) < 4.78 is 19.1. The van der Waals surface area contributed by atoms with Crippen LogP contribution < -0.4 is 5.73 Å². The monoisotopic (exact) mass is 275 g/mol. The smallest absolute Gasteiger partial charge is 0.234 e. The van der Waals surface area contributed by atoms with Crippen molar-refractivity contribution in [3.8, 4) is 0 Å². The van der Waals surface area contributed by atoms with Crippen molar-refractivity contribution in [3.05, 3.63) is 47.4 Å². The number of halogens is 1. The normalized spacial score (nSPS) is 19.1. The molecule has 1 aliphatic carbocycles. The Morgan fingerprint density at radius 3 is 2.70 bits per heavy atom. The fourth-order valence-electron chi connectivity index (χ4n) is 2.80. The lowest BCUT2D eigenvalue weighted by molar-refractivity contribution is 0.342. The van der Waals surface area contributed by atoms with E-state index in [2.05, 4.69) is 10.1 Å². The van der Waals surface area contributed by atoms with E-state index in [4.69, 9.17) is 10.3 Å². The quantitative estimate of drug-likeness (QED) is 0.934. The third kappa shape index (κ3) is 2.22. The second-order valence-electron chi connectivity index (χ2n) is 5.56. The van der Waals surface area contributed by atoms with E-state index in [1.165, 1.54) is 6.07 Å². The molecule has 1 saturated carbocycles. The molecule has 3 rings (SSSR count). The average Bonchev–Trinajstić information content (AvgIpc) is 3.08. The first kappa shape index (κ1) is 13.2. The minimum absolute atomic E-state index is 0.261. The summed E-state index contributed by atoms with van der Waals surface area (Å²) in [4.78, 5) is 4.41. The fourth-order valence-corrected chi connectivity index (χ4v) is 2.80. The summed E-state index contributed by atoms with van der Waals surface area (Å²) >= 11 is 0. The van der Waals surface area contributed by atoms with Gasteiger partial charge >= 0.3 is 0 Å². The Hall–Kier alpha value is -1.75. The van der Waals surface area contributed by atoms with Crippen molar-refractivity contribution in [1.82, 2.24) is 10.1 Å². The van der Waals surface area contributed by atoms with Gasteiger partial charge in [0, 0.05) is 0 Å². The van der Waals surface area contributed by atoms with Gasteiger partial charge in [0.25, 0.3) is 0 Å². The zero-order chi connectivity index (χ0) is 14.2. The van der Waals surface area contributed by atoms with Crippen molar-refractivity contribution in [3.63, 3.8) is 0 Å². The van der Waals surface area contributed by atoms with Crippen LogP contribution in [0.15, 0.2) is 28.8 Å². The highest BCUT2D eigenvalue weighted by atomic mass is 19.1. The second-order valence-corrected chi connectivity index (χ2v) is 5.56. The lowest BCUT2D eigenvalue weighted by Crippen LogP contribution is -2.34. The van der Waals surface area contributed by atoms with E-state index in [0.29, 0.717) is 17.3 Å². The van der Waals surface area contributed by atoms with E-state index in [0.717, 1.165) is 25.7 Å². The summed E-state index contributed by atoms with van der Waals surface area (Å²) in [6.45, 7) is 1.85. The predicted molar refractivity (Wildman–Crippen MR) is 72.5 cm³/mol. The van der Waals surface area contributed by atoms with Gasteiger partial charge in [0.2, 0.25) is 5.89 Å². The molecule has 5 heteroatoms. The second kappa shape index (κ2) is 4.98. The number of hydrogen-bond donors (Lipinski definition) is 1. The van der Waals surface area contributed by atoms with Crippen LogP contribution in [-0.4, -0.2) is 10.1 Å². The molecule has 106 valence electrons. The summed E-state index contributed by atoms with van der Waals surface area (Å²) in [5.41, 5.74) is 6.38. The van der Waals surface area contributed by atoms with Crippen molar-refractivity contribution in [2.24, 2.45) is 5.73 Å². The molecule has 20 heavy (non-hydrogen) atoms. The van der Waals surface area contributed by atoms with Gasteiger partial charge in [-0.3, -0.25) is 0 Å². The minimum Gasteiger partial charge on any atom is -0.339 e. The van der Waals surface area contributed by atoms with E-state index in [-0.39, 0.29) is 11.7 Å². The van der Waals surface area contributed by atoms with Crippen LogP contribution >= 0.6 is 0 Å². The molecule has 2 N–H and O–H groups in total. The molecule has 1 aromatic carbocycles. The van der Waals surface area contributed by atoms with Crippen LogP contribution in [-0.2, 0) is 5.54 Å². The number of nitrogens with zero attached hydrogens (tertiary/aromatic N) is 2. The molecule has 1 fully saturated rings. The Bertz CT molecular complexity index is 605. The van der Waals surface area contributed by atoms with Crippen LogP contribution in [0.1, 0.15) is 55.8 Å². The standard InChI is InChI=1S/C15H18FN3O/c1-10(11-6-2-3-7-12(11)16)13-18-14(19-20-13)15(17)8-4-5-9-15/h2-3,6-7,10H,4-5,8-9,17H2,1H3. The number of benzene rings is 1. The van der Waals surface area contributed by atoms with Crippen LogP contribution in [0.3, 0.4) is 0 Å². The van der Waals surface area contributed by atoms with Gasteiger partial charge < -0.3 is 10.3 Å². The number of nitrogens with two attached hydrogens (primary N) is 1. The molecule has 0 amide bonds. The Morgan fingerprint density at radius 2 is 2.00 bits per heavy atom. The summed E-state index contributed by atoms with van der Waals surface area (Å²) in [5.74, 6) is 0.431. The molecular weight excluding hydrogens is 257 g/mol. The SMILES string of the molecule is CC(c1nc(C2(N)CCCC2)no1)c1ccccc1F. The molecule has 0 spiro atoms. The highest BCUT2D eigenvalue weighted by Crippen LogP contribution is 2.35. The first-order valence-electron chi connectivity index (χ1n) is 6.97. The lowest BCUT2D eigenvalue weighted by atomic mass is 9.98. The zero-order valence-electron chi connectivity index (χ0n) is 11.5. The first-order chi connectivity index (χ1) is 9.60. The van der Waals surface area contributed by atoms with Gasteiger partial charge in [-0.15, -0.1) is 0 Å². The van der Waals surface area contributed by atoms with Gasteiger partial charge in [0.05, 0.1) is 11.5 Å². The van der Waals surface area contributed by atoms with Gasteiger partial charge in [0.1, 0.15) is 5.82 Å². The molecule has 0 aliphatic heterocycles. The topological polar surface area (TPSA) is 64.9 Å². The van der Waals surface area contributed by atoms with E-state index in [1.807, 2.05) is 6.92 Å². The van der Waals surface area contributed by atoms with Crippen LogP contribution in [0.2, 0.25) is 0 Å². The number of hydrogen-bond acceptors (Lipinski definition) is 4. The van der Waals surface area contributed by atoms with E-state index in [1.54, 1.807) is 18.2 Å². The van der Waals surface area contributed by atoms with Crippen molar-refractivity contribution in [1.29, 1.82) is 0 Å². The highest BCUT2D eigenvalue weighted by molar-refractivity contribution is 5.25. The average molecular weight is 275 g/mol. The van der Waals surface area contributed by atoms with Gasteiger partial charge in [-0.05, 0) is 31.4 Å². The van der Waals surface area contributed by atoms with Crippen molar-refractivity contribution in [2.75, 3.05) is 0 Å². The molecule has 1 aliphatic rings. The van der Waals surface area contributed by atoms with Gasteiger partial charge in [-0.25, -0.2) is 4.39 Å². The van der Waals surface area contributed by atoms with Gasteiger partial charge in [-0.2, -0.15) is 4.98 Å². The highest BCUT2D eigenvalue weighted by Gasteiger charge is 2.36. The molecule has 4 nitrogen and oxygen atoms in total. The first-order valence-corrected chi connectivity index (χ1v) is 6.97. The Kier molecular flexibility index (Phi) is 3.30. The fraction of sp³-hybridized carbons (Fsp3) is 0.467. The van der Waals surface area contributed by atoms with E-state index >= 15 is 0 Å². The third-order valence-corrected chi connectivity index (χ3v) is 4.13. The lowest BCUT2D eigenvalue weighted by Gasteiger charge is -2.17. The van der Waals surface area contributed by atoms with Gasteiger partial charge in [-0.1, -0.05) is 36.2 Å². The summed E-state index contributed by atoms with van der Waals surface area (Å²) in [6.07, 6.45) is 3.92. The Morgan fingerprint density at radius 1 is 1.30 bits per heavy atom. The maximum absolute atomic E-state index is 13.8. The van der Waals surface area contributed by atoms with Gasteiger partial charge in [0.15, 0.2) is 5.82 Å². The molecule has 1 heterocycles. The summed E-state index contributed by atoms with van der Waals surface area (Å²) in [5, 5.41) is 4.01. The molecule has 2 aromatic rings. The molecule has 0 radical (unpaired) electrons. The molecule has 1 unspecified atom stereocenters. The maximum Gasteiger partial charge on any atom is 0.234 e. The number of aromatic nitrogens is 2. The van der Waals surface area contributed by atoms with Crippen LogP contribution in [0, 0.1) is 5.82 Å². The molecule has 1 atom stereocenters. The van der Waals surface area contributed by atoms with Crippen molar-refractivity contribution >= 4 is 0 Å². The zero-order valence-corrected chi connectivity index (χ0v) is 11.5. The van der Waals surface area contributed by atoms with E-state index in [9.17, 15) is 4.39 Å². The maximum atomic E-state index is 13.8.